The Balaban J connectivity index is 1.50. The molecule has 3 rings (SSSR count). The van der Waals surface area contributed by atoms with E-state index in [4.69, 9.17) is 0 Å². The van der Waals surface area contributed by atoms with Crippen LogP contribution in [0.1, 0.15) is 30.5 Å². The number of likely N-dealkylation sites (tertiary alicyclic amines) is 1. The molecule has 5 heteroatoms. The first-order chi connectivity index (χ1) is 8.81. The van der Waals surface area contributed by atoms with Gasteiger partial charge in [0.15, 0.2) is 0 Å². The quantitative estimate of drug-likeness (QED) is 0.818. The van der Waals surface area contributed by atoms with E-state index >= 15 is 0 Å². The van der Waals surface area contributed by atoms with Crippen LogP contribution in [0.15, 0.2) is 6.20 Å². The number of aryl methyl sites for hydroxylation is 1. The van der Waals surface area contributed by atoms with E-state index in [1.807, 2.05) is 6.20 Å². The van der Waals surface area contributed by atoms with Gasteiger partial charge < -0.3 is 5.32 Å². The minimum atomic E-state index is 0.171. The molecule has 1 aromatic heterocycles. The molecular weight excluding hydrogens is 228 g/mol. The number of hydrogen-bond acceptors (Lipinski definition) is 3. The molecule has 0 unspecified atom stereocenters. The van der Waals surface area contributed by atoms with Gasteiger partial charge in [0.25, 0.3) is 0 Å². The SMILES string of the molecule is O=C(CN1CCCC1)N[C@@H]1CCc2cn[nH]c2C1. The number of rotatable bonds is 3. The van der Waals surface area contributed by atoms with Crippen molar-refractivity contribution in [1.29, 1.82) is 0 Å². The van der Waals surface area contributed by atoms with Gasteiger partial charge in [-0.05, 0) is 44.3 Å². The molecule has 0 saturated carbocycles. The third kappa shape index (κ3) is 2.56. The third-order valence-corrected chi connectivity index (χ3v) is 3.95. The molecule has 1 aliphatic heterocycles. The van der Waals surface area contributed by atoms with Gasteiger partial charge in [-0.2, -0.15) is 5.10 Å². The lowest BCUT2D eigenvalue weighted by Gasteiger charge is -2.24. The molecule has 0 radical (unpaired) electrons. The van der Waals surface area contributed by atoms with Crippen LogP contribution in [-0.2, 0) is 17.6 Å². The summed E-state index contributed by atoms with van der Waals surface area (Å²) in [4.78, 5) is 14.2. The number of carbonyl (C=O) groups excluding carboxylic acids is 1. The zero-order chi connectivity index (χ0) is 12.4. The van der Waals surface area contributed by atoms with Crippen LogP contribution in [-0.4, -0.2) is 46.7 Å². The van der Waals surface area contributed by atoms with Crippen molar-refractivity contribution in [2.45, 2.75) is 38.1 Å². The predicted molar refractivity (Wildman–Crippen MR) is 68.2 cm³/mol. The maximum atomic E-state index is 11.9. The number of hydrogen-bond donors (Lipinski definition) is 2. The zero-order valence-corrected chi connectivity index (χ0v) is 10.6. The monoisotopic (exact) mass is 248 g/mol. The molecule has 2 aliphatic rings. The average molecular weight is 248 g/mol. The Morgan fingerprint density at radius 1 is 1.50 bits per heavy atom. The van der Waals surface area contributed by atoms with Gasteiger partial charge in [-0.3, -0.25) is 14.8 Å². The second-order valence-electron chi connectivity index (χ2n) is 5.36. The maximum Gasteiger partial charge on any atom is 0.234 e. The van der Waals surface area contributed by atoms with Crippen LogP contribution >= 0.6 is 0 Å². The molecule has 1 amide bonds. The molecule has 0 bridgehead atoms. The fraction of sp³-hybridized carbons (Fsp3) is 0.692. The summed E-state index contributed by atoms with van der Waals surface area (Å²) in [7, 11) is 0. The minimum absolute atomic E-state index is 0.171. The highest BCUT2D eigenvalue weighted by Crippen LogP contribution is 2.18. The second kappa shape index (κ2) is 5.10. The fourth-order valence-electron chi connectivity index (χ4n) is 2.95. The lowest BCUT2D eigenvalue weighted by atomic mass is 9.94. The molecular formula is C13H20N4O. The van der Waals surface area contributed by atoms with E-state index in [1.54, 1.807) is 0 Å². The van der Waals surface area contributed by atoms with E-state index < -0.39 is 0 Å². The van der Waals surface area contributed by atoms with Crippen molar-refractivity contribution in [3.05, 3.63) is 17.5 Å². The van der Waals surface area contributed by atoms with E-state index in [0.717, 1.165) is 32.4 Å². The number of nitrogens with zero attached hydrogens (tertiary/aromatic N) is 2. The molecule has 2 heterocycles. The van der Waals surface area contributed by atoms with E-state index in [1.165, 1.54) is 24.1 Å². The van der Waals surface area contributed by atoms with Gasteiger partial charge in [-0.15, -0.1) is 0 Å². The molecule has 1 fully saturated rings. The standard InChI is InChI=1S/C13H20N4O/c18-13(9-17-5-1-2-6-17)15-11-4-3-10-8-14-16-12(10)7-11/h8,11H,1-7,9H2,(H,14,16)(H,15,18)/t11-/m1/s1. The van der Waals surface area contributed by atoms with Crippen molar-refractivity contribution >= 4 is 5.91 Å². The highest BCUT2D eigenvalue weighted by Gasteiger charge is 2.22. The van der Waals surface area contributed by atoms with Crippen molar-refractivity contribution in [2.75, 3.05) is 19.6 Å². The predicted octanol–water partition coefficient (Wildman–Crippen LogP) is 0.479. The van der Waals surface area contributed by atoms with E-state index in [0.29, 0.717) is 6.54 Å². The highest BCUT2D eigenvalue weighted by molar-refractivity contribution is 5.78. The van der Waals surface area contributed by atoms with Gasteiger partial charge in [0.05, 0.1) is 12.7 Å². The number of fused-ring (bicyclic) bond motifs is 1. The third-order valence-electron chi connectivity index (χ3n) is 3.95. The molecule has 2 N–H and O–H groups in total. The Kier molecular flexibility index (Phi) is 3.32. The fourth-order valence-corrected chi connectivity index (χ4v) is 2.95. The molecule has 1 saturated heterocycles. The number of H-pyrrole nitrogens is 1. The molecule has 5 nitrogen and oxygen atoms in total. The van der Waals surface area contributed by atoms with Crippen LogP contribution in [0.5, 0.6) is 0 Å². The molecule has 0 aromatic carbocycles. The largest absolute Gasteiger partial charge is 0.352 e. The summed E-state index contributed by atoms with van der Waals surface area (Å²) in [6, 6.07) is 0.271. The first-order valence-corrected chi connectivity index (χ1v) is 6.84. The van der Waals surface area contributed by atoms with Crippen molar-refractivity contribution in [3.63, 3.8) is 0 Å². The molecule has 98 valence electrons. The molecule has 1 atom stereocenters. The normalized spacial score (nSPS) is 23.9. The maximum absolute atomic E-state index is 11.9. The van der Waals surface area contributed by atoms with Crippen LogP contribution in [0.4, 0.5) is 0 Å². The smallest absolute Gasteiger partial charge is 0.234 e. The Morgan fingerprint density at radius 3 is 3.17 bits per heavy atom. The van der Waals surface area contributed by atoms with Crippen molar-refractivity contribution in [3.8, 4) is 0 Å². The lowest BCUT2D eigenvalue weighted by Crippen LogP contribution is -2.43. The number of amides is 1. The van der Waals surface area contributed by atoms with Gasteiger partial charge in [0.1, 0.15) is 0 Å². The summed E-state index contributed by atoms with van der Waals surface area (Å²) in [5, 5.41) is 10.2. The number of carbonyl (C=O) groups is 1. The second-order valence-corrected chi connectivity index (χ2v) is 5.36. The summed E-state index contributed by atoms with van der Waals surface area (Å²) in [5.41, 5.74) is 2.49. The Labute approximate surface area is 107 Å². The average Bonchev–Trinajstić information content (AvgIpc) is 2.98. The summed E-state index contributed by atoms with van der Waals surface area (Å²) >= 11 is 0. The molecule has 0 spiro atoms. The van der Waals surface area contributed by atoms with Gasteiger partial charge in [-0.1, -0.05) is 0 Å². The van der Waals surface area contributed by atoms with Crippen LogP contribution < -0.4 is 5.32 Å². The van der Waals surface area contributed by atoms with Crippen LogP contribution in [0.2, 0.25) is 0 Å². The highest BCUT2D eigenvalue weighted by atomic mass is 16.2. The van der Waals surface area contributed by atoms with E-state index in [-0.39, 0.29) is 11.9 Å². The van der Waals surface area contributed by atoms with Gasteiger partial charge in [0, 0.05) is 18.2 Å². The summed E-state index contributed by atoms with van der Waals surface area (Å²) in [6.07, 6.45) is 7.29. The van der Waals surface area contributed by atoms with Crippen LogP contribution in [0, 0.1) is 0 Å². The minimum Gasteiger partial charge on any atom is -0.352 e. The first kappa shape index (κ1) is 11.7. The summed E-state index contributed by atoms with van der Waals surface area (Å²) in [6.45, 7) is 2.71. The molecule has 1 aromatic rings. The number of aromatic nitrogens is 2. The lowest BCUT2D eigenvalue weighted by molar-refractivity contribution is -0.122. The number of aromatic amines is 1. The van der Waals surface area contributed by atoms with Crippen LogP contribution in [0.3, 0.4) is 0 Å². The summed E-state index contributed by atoms with van der Waals surface area (Å²) in [5.74, 6) is 0.171. The van der Waals surface area contributed by atoms with Gasteiger partial charge >= 0.3 is 0 Å². The van der Waals surface area contributed by atoms with Crippen molar-refractivity contribution in [2.24, 2.45) is 0 Å². The first-order valence-electron chi connectivity index (χ1n) is 6.84. The molecule has 1 aliphatic carbocycles. The zero-order valence-electron chi connectivity index (χ0n) is 10.6. The summed E-state index contributed by atoms with van der Waals surface area (Å²) < 4.78 is 0. The Hall–Kier alpha value is -1.36. The molecule has 18 heavy (non-hydrogen) atoms. The Bertz CT molecular complexity index is 422. The van der Waals surface area contributed by atoms with E-state index in [9.17, 15) is 4.79 Å². The van der Waals surface area contributed by atoms with E-state index in [2.05, 4.69) is 20.4 Å². The number of nitrogens with one attached hydrogen (secondary N) is 2. The Morgan fingerprint density at radius 2 is 2.33 bits per heavy atom. The van der Waals surface area contributed by atoms with Gasteiger partial charge in [0.2, 0.25) is 5.91 Å². The van der Waals surface area contributed by atoms with Gasteiger partial charge in [-0.25, -0.2) is 0 Å². The van der Waals surface area contributed by atoms with Crippen molar-refractivity contribution in [1.82, 2.24) is 20.4 Å². The topological polar surface area (TPSA) is 61.0 Å². The van der Waals surface area contributed by atoms with Crippen LogP contribution in [0.25, 0.3) is 0 Å². The van der Waals surface area contributed by atoms with Crippen molar-refractivity contribution < 1.29 is 4.79 Å².